The Labute approximate surface area is 163 Å². The van der Waals surface area contributed by atoms with Gasteiger partial charge in [-0.25, -0.2) is 0 Å². The van der Waals surface area contributed by atoms with Crippen molar-refractivity contribution in [1.29, 1.82) is 0 Å². The van der Waals surface area contributed by atoms with Crippen molar-refractivity contribution in [2.45, 2.75) is 25.1 Å². The number of aromatic nitrogens is 3. The van der Waals surface area contributed by atoms with Crippen molar-refractivity contribution >= 4 is 34.0 Å². The van der Waals surface area contributed by atoms with E-state index >= 15 is 0 Å². The molecule has 1 heterocycles. The Morgan fingerprint density at radius 2 is 1.82 bits per heavy atom. The van der Waals surface area contributed by atoms with Crippen LogP contribution in [0, 0.1) is 0 Å². The Morgan fingerprint density at radius 1 is 1.11 bits per heavy atom. The second-order valence-corrected chi connectivity index (χ2v) is 6.28. The van der Waals surface area contributed by atoms with Gasteiger partial charge in [-0.05, 0) is 42.0 Å². The average molecular weight is 413 g/mol. The normalized spacial score (nSPS) is 12.6. The molecule has 3 aromatic rings. The first-order valence-corrected chi connectivity index (χ1v) is 8.71. The second kappa shape index (κ2) is 8.05. The molecule has 0 aliphatic heterocycles. The van der Waals surface area contributed by atoms with E-state index < -0.39 is 17.3 Å². The van der Waals surface area contributed by atoms with Gasteiger partial charge >= 0.3 is 6.18 Å². The molecule has 148 valence electrons. The molecule has 1 N–H and O–H groups in total. The molecule has 0 amide bonds. The average Bonchev–Trinajstić information content (AvgIpc) is 2.67. The van der Waals surface area contributed by atoms with Crippen molar-refractivity contribution in [2.75, 3.05) is 12.4 Å². The summed E-state index contributed by atoms with van der Waals surface area (Å²) in [6.07, 6.45) is -3.81. The lowest BCUT2D eigenvalue weighted by atomic mass is 10.2. The molecule has 1 atom stereocenters. The summed E-state index contributed by atoms with van der Waals surface area (Å²) in [6, 6.07) is 7.85. The quantitative estimate of drug-likeness (QED) is 0.565. The monoisotopic (exact) mass is 412 g/mol. The summed E-state index contributed by atoms with van der Waals surface area (Å²) >= 11 is 6.04. The lowest BCUT2D eigenvalue weighted by Gasteiger charge is -2.15. The van der Waals surface area contributed by atoms with Gasteiger partial charge in [-0.15, -0.1) is 10.2 Å². The lowest BCUT2D eigenvalue weighted by molar-refractivity contribution is -0.137. The number of anilines is 2. The van der Waals surface area contributed by atoms with E-state index in [1.165, 1.54) is 19.2 Å². The molecule has 10 heteroatoms. The van der Waals surface area contributed by atoms with E-state index in [-0.39, 0.29) is 0 Å². The maximum atomic E-state index is 12.7. The third kappa shape index (κ3) is 4.36. The Hall–Kier alpha value is -2.81. The topological polar surface area (TPSA) is 69.2 Å². The molecule has 0 saturated heterocycles. The van der Waals surface area contributed by atoms with Gasteiger partial charge in [-0.1, -0.05) is 18.5 Å². The molecule has 3 rings (SSSR count). The van der Waals surface area contributed by atoms with E-state index in [1.807, 2.05) is 6.92 Å². The van der Waals surface area contributed by atoms with Crippen LogP contribution in [0.15, 0.2) is 36.4 Å². The highest BCUT2D eigenvalue weighted by Crippen LogP contribution is 2.36. The van der Waals surface area contributed by atoms with Gasteiger partial charge in [0.2, 0.25) is 0 Å². The zero-order chi connectivity index (χ0) is 20.3. The molecule has 0 aliphatic rings. The van der Waals surface area contributed by atoms with Crippen LogP contribution in [-0.2, 0) is 6.18 Å². The molecule has 0 radical (unpaired) electrons. The fourth-order valence-corrected chi connectivity index (χ4v) is 2.53. The van der Waals surface area contributed by atoms with Crippen LogP contribution in [-0.4, -0.2) is 28.1 Å². The number of fused-ring (bicyclic) bond motifs is 1. The molecular formula is C18H16ClF3N4O2. The molecule has 1 unspecified atom stereocenters. The van der Waals surface area contributed by atoms with Crippen LogP contribution in [0.1, 0.15) is 18.9 Å². The van der Waals surface area contributed by atoms with Crippen molar-refractivity contribution < 1.29 is 22.6 Å². The van der Waals surface area contributed by atoms with Crippen LogP contribution in [0.3, 0.4) is 0 Å². The summed E-state index contributed by atoms with van der Waals surface area (Å²) in [5, 5.41) is 15.1. The van der Waals surface area contributed by atoms with E-state index in [0.29, 0.717) is 40.3 Å². The van der Waals surface area contributed by atoms with Crippen molar-refractivity contribution in [2.24, 2.45) is 0 Å². The smallest absolute Gasteiger partial charge is 0.416 e. The molecule has 0 bridgehead atoms. The Kier molecular flexibility index (Phi) is 5.73. The Morgan fingerprint density at radius 3 is 2.43 bits per heavy atom. The first-order chi connectivity index (χ1) is 13.3. The highest BCUT2D eigenvalue weighted by Gasteiger charge is 2.30. The highest BCUT2D eigenvalue weighted by atomic mass is 35.5. The third-order valence-corrected chi connectivity index (χ3v) is 4.28. The van der Waals surface area contributed by atoms with E-state index in [4.69, 9.17) is 21.1 Å². The van der Waals surface area contributed by atoms with Crippen LogP contribution < -0.4 is 14.8 Å². The van der Waals surface area contributed by atoms with Gasteiger partial charge in [0.1, 0.15) is 5.52 Å². The fourth-order valence-electron chi connectivity index (χ4n) is 2.44. The predicted molar refractivity (Wildman–Crippen MR) is 99.2 cm³/mol. The second-order valence-electron chi connectivity index (χ2n) is 5.79. The summed E-state index contributed by atoms with van der Waals surface area (Å²) in [6.45, 7) is 1.88. The standard InChI is InChI=1S/C18H16ClF3N4O2/c1-3-16(19)28-15-9-13-12(8-14(15)27-2)17(25-26-24-13)23-11-6-4-10(5-7-11)18(20,21)22/h4-9,16H,3H2,1-2H3,(H,23,24,25). The molecule has 1 aromatic heterocycles. The molecule has 0 fully saturated rings. The zero-order valence-corrected chi connectivity index (χ0v) is 15.7. The first kappa shape index (κ1) is 19.9. The molecular weight excluding hydrogens is 397 g/mol. The summed E-state index contributed by atoms with van der Waals surface area (Å²) in [4.78, 5) is 0. The number of rotatable bonds is 6. The largest absolute Gasteiger partial charge is 0.493 e. The first-order valence-electron chi connectivity index (χ1n) is 8.28. The van der Waals surface area contributed by atoms with Gasteiger partial charge in [0.15, 0.2) is 22.9 Å². The van der Waals surface area contributed by atoms with Gasteiger partial charge in [-0.3, -0.25) is 0 Å². The van der Waals surface area contributed by atoms with E-state index in [2.05, 4.69) is 20.7 Å². The van der Waals surface area contributed by atoms with Gasteiger partial charge < -0.3 is 14.8 Å². The van der Waals surface area contributed by atoms with Gasteiger partial charge in [0, 0.05) is 11.8 Å². The third-order valence-electron chi connectivity index (χ3n) is 3.89. The van der Waals surface area contributed by atoms with Crippen LogP contribution in [0.2, 0.25) is 0 Å². The van der Waals surface area contributed by atoms with Crippen molar-refractivity contribution in [3.05, 3.63) is 42.0 Å². The summed E-state index contributed by atoms with van der Waals surface area (Å²) < 4.78 is 49.1. The maximum Gasteiger partial charge on any atom is 0.416 e. The number of ether oxygens (including phenoxy) is 2. The minimum atomic E-state index is -4.40. The van der Waals surface area contributed by atoms with Crippen molar-refractivity contribution in [3.8, 4) is 11.5 Å². The molecule has 0 aliphatic carbocycles. The number of nitrogens with one attached hydrogen (secondary N) is 1. The molecule has 6 nitrogen and oxygen atoms in total. The van der Waals surface area contributed by atoms with Crippen molar-refractivity contribution in [3.63, 3.8) is 0 Å². The molecule has 28 heavy (non-hydrogen) atoms. The van der Waals surface area contributed by atoms with Crippen LogP contribution in [0.4, 0.5) is 24.7 Å². The SMILES string of the molecule is CCC(Cl)Oc1cc2nnnc(Nc3ccc(C(F)(F)F)cc3)c2cc1OC. The number of nitrogens with zero attached hydrogens (tertiary/aromatic N) is 3. The van der Waals surface area contributed by atoms with Crippen LogP contribution in [0.25, 0.3) is 10.9 Å². The van der Waals surface area contributed by atoms with E-state index in [0.717, 1.165) is 12.1 Å². The summed E-state index contributed by atoms with van der Waals surface area (Å²) in [7, 11) is 1.48. The number of alkyl halides is 4. The summed E-state index contributed by atoms with van der Waals surface area (Å²) in [5.41, 5.74) is -0.397. The predicted octanol–water partition coefficient (Wildman–Crippen LogP) is 5.15. The van der Waals surface area contributed by atoms with Crippen LogP contribution >= 0.6 is 11.6 Å². The molecule has 0 saturated carbocycles. The van der Waals surface area contributed by atoms with Crippen molar-refractivity contribution in [1.82, 2.24) is 15.4 Å². The number of hydrogen-bond donors (Lipinski definition) is 1. The Balaban J connectivity index is 1.95. The number of hydrogen-bond acceptors (Lipinski definition) is 6. The van der Waals surface area contributed by atoms with Gasteiger partial charge in [0.05, 0.1) is 18.1 Å². The number of methoxy groups -OCH3 is 1. The lowest BCUT2D eigenvalue weighted by Crippen LogP contribution is -2.08. The fraction of sp³-hybridized carbons (Fsp3) is 0.278. The molecule has 0 spiro atoms. The highest BCUT2D eigenvalue weighted by molar-refractivity contribution is 6.19. The number of benzene rings is 2. The van der Waals surface area contributed by atoms with Crippen LogP contribution in [0.5, 0.6) is 11.5 Å². The van der Waals surface area contributed by atoms with Gasteiger partial charge in [-0.2, -0.15) is 13.2 Å². The summed E-state index contributed by atoms with van der Waals surface area (Å²) in [5.74, 6) is 1.13. The Bertz CT molecular complexity index is 967. The van der Waals surface area contributed by atoms with E-state index in [9.17, 15) is 13.2 Å². The minimum Gasteiger partial charge on any atom is -0.493 e. The van der Waals surface area contributed by atoms with Gasteiger partial charge in [0.25, 0.3) is 0 Å². The number of halogens is 4. The zero-order valence-electron chi connectivity index (χ0n) is 14.9. The maximum absolute atomic E-state index is 12.7. The van der Waals surface area contributed by atoms with E-state index in [1.54, 1.807) is 12.1 Å². The molecule has 2 aromatic carbocycles. The minimum absolute atomic E-state index is 0.313.